The minimum atomic E-state index is -0.759. The third kappa shape index (κ3) is 6.92. The molecule has 0 spiro atoms. The number of hydrogen-bond acceptors (Lipinski definition) is 7. The van der Waals surface area contributed by atoms with Crippen LogP contribution in [0.5, 0.6) is 5.75 Å². The highest BCUT2D eigenvalue weighted by Gasteiger charge is 2.34. The summed E-state index contributed by atoms with van der Waals surface area (Å²) in [5.41, 5.74) is 3.71. The molecule has 3 fully saturated rings. The lowest BCUT2D eigenvalue weighted by Crippen LogP contribution is -2.42. The van der Waals surface area contributed by atoms with Gasteiger partial charge in [-0.25, -0.2) is 9.97 Å². The van der Waals surface area contributed by atoms with Gasteiger partial charge in [0.2, 0.25) is 5.91 Å². The van der Waals surface area contributed by atoms with Gasteiger partial charge in [-0.15, -0.1) is 0 Å². The number of methoxy groups -OCH3 is 1. The molecule has 3 heterocycles. The molecular formula is C34H42N4O5. The standard InChI is InChI=1S/C34H42N4O5/c1-21-30(42-2)14-13-28(36-21)24-7-5-23(6-8-24)19-38(34(41)26-9-3-22(4-10-26)17-32(39)40)31-18-27(15-16-35-31)29-20-43-33(37-29)25-11-12-25/h13-16,18,20,22-26H,3-12,17,19H2,1-2H3,(H,39,40). The maximum atomic E-state index is 14.1. The van der Waals surface area contributed by atoms with Crippen molar-refractivity contribution in [1.82, 2.24) is 15.0 Å². The summed E-state index contributed by atoms with van der Waals surface area (Å²) in [5.74, 6) is 2.83. The van der Waals surface area contributed by atoms with E-state index in [4.69, 9.17) is 24.1 Å². The highest BCUT2D eigenvalue weighted by molar-refractivity contribution is 5.94. The summed E-state index contributed by atoms with van der Waals surface area (Å²) in [4.78, 5) is 41.5. The first kappa shape index (κ1) is 29.3. The number of carboxylic acids is 1. The zero-order chi connectivity index (χ0) is 29.9. The number of aromatic nitrogens is 3. The normalized spacial score (nSPS) is 24.0. The van der Waals surface area contributed by atoms with Crippen molar-refractivity contribution < 1.29 is 23.8 Å². The Morgan fingerprint density at radius 3 is 2.35 bits per heavy atom. The van der Waals surface area contributed by atoms with Crippen LogP contribution in [0.4, 0.5) is 5.82 Å². The van der Waals surface area contributed by atoms with Gasteiger partial charge >= 0.3 is 5.97 Å². The molecule has 0 aromatic carbocycles. The number of amides is 1. The molecule has 1 amide bonds. The van der Waals surface area contributed by atoms with Crippen molar-refractivity contribution in [3.05, 3.63) is 54.0 Å². The third-order valence-corrected chi connectivity index (χ3v) is 9.68. The van der Waals surface area contributed by atoms with Crippen molar-refractivity contribution in [2.75, 3.05) is 18.6 Å². The second-order valence-electron chi connectivity index (χ2n) is 12.8. The second-order valence-corrected chi connectivity index (χ2v) is 12.8. The molecule has 9 heteroatoms. The number of anilines is 1. The molecule has 0 saturated heterocycles. The summed E-state index contributed by atoms with van der Waals surface area (Å²) in [6.07, 6.45) is 13.0. The maximum Gasteiger partial charge on any atom is 0.303 e. The van der Waals surface area contributed by atoms with Gasteiger partial charge in [0.1, 0.15) is 23.5 Å². The molecule has 3 aromatic heterocycles. The van der Waals surface area contributed by atoms with E-state index >= 15 is 0 Å². The van der Waals surface area contributed by atoms with Crippen LogP contribution < -0.4 is 9.64 Å². The molecule has 0 bridgehead atoms. The minimum absolute atomic E-state index is 0.104. The van der Waals surface area contributed by atoms with Crippen LogP contribution in [0.15, 0.2) is 41.1 Å². The first-order valence-electron chi connectivity index (χ1n) is 15.8. The predicted octanol–water partition coefficient (Wildman–Crippen LogP) is 6.91. The zero-order valence-electron chi connectivity index (χ0n) is 25.2. The predicted molar refractivity (Wildman–Crippen MR) is 162 cm³/mol. The number of carbonyl (C=O) groups is 2. The summed E-state index contributed by atoms with van der Waals surface area (Å²) in [6, 6.07) is 7.99. The second kappa shape index (κ2) is 12.9. The van der Waals surface area contributed by atoms with Gasteiger partial charge in [-0.05, 0) is 107 Å². The third-order valence-electron chi connectivity index (χ3n) is 9.68. The molecule has 0 radical (unpaired) electrons. The Kier molecular flexibility index (Phi) is 8.77. The first-order valence-corrected chi connectivity index (χ1v) is 15.8. The van der Waals surface area contributed by atoms with Crippen molar-refractivity contribution in [3.63, 3.8) is 0 Å². The molecule has 3 aliphatic rings. The van der Waals surface area contributed by atoms with Crippen LogP contribution in [-0.4, -0.2) is 45.6 Å². The summed E-state index contributed by atoms with van der Waals surface area (Å²) in [6.45, 7) is 2.61. The van der Waals surface area contributed by atoms with Crippen molar-refractivity contribution in [2.24, 2.45) is 17.8 Å². The van der Waals surface area contributed by atoms with Gasteiger partial charge in [-0.3, -0.25) is 19.5 Å². The van der Waals surface area contributed by atoms with Crippen LogP contribution in [0.3, 0.4) is 0 Å². The molecular weight excluding hydrogens is 544 g/mol. The lowest BCUT2D eigenvalue weighted by atomic mass is 9.78. The van der Waals surface area contributed by atoms with Crippen molar-refractivity contribution in [2.45, 2.75) is 89.4 Å². The summed E-state index contributed by atoms with van der Waals surface area (Å²) in [5, 5.41) is 9.24. The Balaban J connectivity index is 1.18. The average Bonchev–Trinajstić information content (AvgIpc) is 3.76. The summed E-state index contributed by atoms with van der Waals surface area (Å²) >= 11 is 0. The number of oxazole rings is 1. The number of carboxylic acid groups (broad SMARTS) is 1. The molecule has 43 heavy (non-hydrogen) atoms. The van der Waals surface area contributed by atoms with E-state index < -0.39 is 5.97 Å². The fourth-order valence-electron chi connectivity index (χ4n) is 6.95. The number of carbonyl (C=O) groups excluding carboxylic acids is 1. The average molecular weight is 587 g/mol. The van der Waals surface area contributed by atoms with E-state index in [2.05, 4.69) is 6.07 Å². The quantitative estimate of drug-likeness (QED) is 0.272. The number of aliphatic carboxylic acids is 1. The number of pyridine rings is 2. The Labute approximate surface area is 253 Å². The monoisotopic (exact) mass is 586 g/mol. The topological polar surface area (TPSA) is 119 Å². The molecule has 6 rings (SSSR count). The highest BCUT2D eigenvalue weighted by atomic mass is 16.5. The van der Waals surface area contributed by atoms with Gasteiger partial charge in [0.15, 0.2) is 5.89 Å². The van der Waals surface area contributed by atoms with E-state index in [-0.39, 0.29) is 24.2 Å². The van der Waals surface area contributed by atoms with Gasteiger partial charge in [0, 0.05) is 48.2 Å². The van der Waals surface area contributed by atoms with E-state index in [0.29, 0.717) is 30.1 Å². The molecule has 228 valence electrons. The maximum absolute atomic E-state index is 14.1. The molecule has 3 saturated carbocycles. The number of aryl methyl sites for hydroxylation is 1. The van der Waals surface area contributed by atoms with E-state index in [1.807, 2.05) is 30.0 Å². The molecule has 0 atom stereocenters. The van der Waals surface area contributed by atoms with E-state index in [1.165, 1.54) is 0 Å². The fourth-order valence-corrected chi connectivity index (χ4v) is 6.95. The Morgan fingerprint density at radius 1 is 0.953 bits per heavy atom. The van der Waals surface area contributed by atoms with Crippen molar-refractivity contribution in [3.8, 4) is 17.0 Å². The highest BCUT2D eigenvalue weighted by Crippen LogP contribution is 2.41. The Hall–Kier alpha value is -3.75. The largest absolute Gasteiger partial charge is 0.495 e. The number of hydrogen-bond donors (Lipinski definition) is 1. The molecule has 3 aromatic rings. The minimum Gasteiger partial charge on any atom is -0.495 e. The number of ether oxygens (including phenoxy) is 1. The lowest BCUT2D eigenvalue weighted by Gasteiger charge is -2.35. The Morgan fingerprint density at radius 2 is 1.67 bits per heavy atom. The lowest BCUT2D eigenvalue weighted by molar-refractivity contribution is -0.138. The van der Waals surface area contributed by atoms with Crippen LogP contribution >= 0.6 is 0 Å². The van der Waals surface area contributed by atoms with Gasteiger partial charge in [-0.2, -0.15) is 0 Å². The summed E-state index contributed by atoms with van der Waals surface area (Å²) < 4.78 is 11.1. The van der Waals surface area contributed by atoms with Crippen molar-refractivity contribution in [1.29, 1.82) is 0 Å². The van der Waals surface area contributed by atoms with Crippen LogP contribution in [-0.2, 0) is 9.59 Å². The summed E-state index contributed by atoms with van der Waals surface area (Å²) in [7, 11) is 1.67. The molecule has 1 N–H and O–H groups in total. The van der Waals surface area contributed by atoms with E-state index in [0.717, 1.165) is 98.5 Å². The fraction of sp³-hybridized carbons (Fsp3) is 0.559. The molecule has 0 unspecified atom stereocenters. The molecule has 3 aliphatic carbocycles. The van der Waals surface area contributed by atoms with Gasteiger partial charge < -0.3 is 14.3 Å². The van der Waals surface area contributed by atoms with Crippen LogP contribution in [0.25, 0.3) is 11.3 Å². The van der Waals surface area contributed by atoms with E-state index in [9.17, 15) is 14.7 Å². The van der Waals surface area contributed by atoms with Crippen molar-refractivity contribution >= 4 is 17.7 Å². The number of nitrogens with zero attached hydrogens (tertiary/aromatic N) is 4. The molecule has 9 nitrogen and oxygen atoms in total. The molecule has 0 aliphatic heterocycles. The Bertz CT molecular complexity index is 1430. The SMILES string of the molecule is COc1ccc(C2CCC(CN(C(=O)C3CCC(CC(=O)O)CC3)c3cc(-c4coc(C5CC5)n4)ccn3)CC2)nc1C. The van der Waals surface area contributed by atoms with E-state index in [1.54, 1.807) is 19.6 Å². The number of rotatable bonds is 10. The first-order chi connectivity index (χ1) is 20.9. The van der Waals surface area contributed by atoms with Crippen LogP contribution in [0.2, 0.25) is 0 Å². The van der Waals surface area contributed by atoms with Crippen LogP contribution in [0.1, 0.15) is 99.7 Å². The van der Waals surface area contributed by atoms with Gasteiger partial charge in [0.05, 0.1) is 12.8 Å². The zero-order valence-corrected chi connectivity index (χ0v) is 25.2. The van der Waals surface area contributed by atoms with Gasteiger partial charge in [0.25, 0.3) is 0 Å². The van der Waals surface area contributed by atoms with Gasteiger partial charge in [-0.1, -0.05) is 0 Å². The van der Waals surface area contributed by atoms with Crippen LogP contribution in [0, 0.1) is 24.7 Å². The smallest absolute Gasteiger partial charge is 0.303 e.